The highest BCUT2D eigenvalue weighted by Crippen LogP contribution is 2.53. The van der Waals surface area contributed by atoms with Gasteiger partial charge in [-0.25, -0.2) is 15.0 Å². The van der Waals surface area contributed by atoms with Crippen LogP contribution >= 0.6 is 0 Å². The predicted molar refractivity (Wildman–Crippen MR) is 176 cm³/mol. The van der Waals surface area contributed by atoms with Crippen molar-refractivity contribution in [1.82, 2.24) is 29.5 Å². The number of fused-ring (bicyclic) bond motifs is 9. The van der Waals surface area contributed by atoms with Crippen LogP contribution < -0.4 is 0 Å². The molecule has 0 saturated carbocycles. The minimum Gasteiger partial charge on any atom is -0.275 e. The van der Waals surface area contributed by atoms with E-state index in [0.29, 0.717) is 17.6 Å². The number of benzene rings is 5. The molecular weight excluding hydrogens is 540 g/mol. The zero-order valence-corrected chi connectivity index (χ0v) is 24.2. The van der Waals surface area contributed by atoms with Gasteiger partial charge in [-0.2, -0.15) is 9.97 Å². The summed E-state index contributed by atoms with van der Waals surface area (Å²) in [7, 11) is 0. The average molecular weight is 567 g/mol. The highest BCUT2D eigenvalue weighted by molar-refractivity contribution is 6.19. The van der Waals surface area contributed by atoms with Gasteiger partial charge in [-0.1, -0.05) is 123 Å². The molecule has 3 heterocycles. The Balaban J connectivity index is 1.48. The largest absolute Gasteiger partial charge is 0.275 e. The molecule has 0 aliphatic heterocycles. The summed E-state index contributed by atoms with van der Waals surface area (Å²) < 4.78 is 2.23. The maximum atomic E-state index is 5.20. The van der Waals surface area contributed by atoms with Crippen molar-refractivity contribution >= 4 is 32.7 Å². The molecule has 44 heavy (non-hydrogen) atoms. The molecule has 5 aromatic carbocycles. The van der Waals surface area contributed by atoms with Gasteiger partial charge in [0, 0.05) is 38.9 Å². The van der Waals surface area contributed by atoms with Gasteiger partial charge in [0.05, 0.1) is 16.6 Å². The summed E-state index contributed by atoms with van der Waals surface area (Å²) in [5, 5.41) is 3.20. The molecule has 9 rings (SSSR count). The molecule has 0 radical (unpaired) electrons. The molecule has 6 heteroatoms. The Labute approximate surface area is 253 Å². The Bertz CT molecular complexity index is 2350. The topological polar surface area (TPSA) is 69.4 Å². The maximum Gasteiger partial charge on any atom is 0.238 e. The van der Waals surface area contributed by atoms with Crippen molar-refractivity contribution in [3.63, 3.8) is 0 Å². The van der Waals surface area contributed by atoms with E-state index in [-0.39, 0.29) is 5.41 Å². The summed E-state index contributed by atoms with van der Waals surface area (Å²) in [4.78, 5) is 24.5. The number of hydrogen-bond donors (Lipinski definition) is 0. The molecule has 1 aliphatic carbocycles. The van der Waals surface area contributed by atoms with Crippen LogP contribution in [0.3, 0.4) is 0 Å². The van der Waals surface area contributed by atoms with E-state index in [4.69, 9.17) is 19.9 Å². The Morgan fingerprint density at radius 2 is 1.23 bits per heavy atom. The first-order chi connectivity index (χ1) is 21.6. The molecule has 0 unspecified atom stereocenters. The standard InChI is InChI=1S/C38H26N6/c1-38(2)30-16-10-9-15-26(30)27-19-20-28-29-18-17-25-21-39-22-40-32(25)34(29)44(33(28)31(27)38)37-42-35(23-11-5-3-6-12-23)41-36(43-37)24-13-7-4-8-14-24/h3-22H,1-2H3. The Hall–Kier alpha value is -5.75. The highest BCUT2D eigenvalue weighted by Gasteiger charge is 2.39. The molecule has 0 bridgehead atoms. The van der Waals surface area contributed by atoms with Crippen LogP contribution in [0, 0.1) is 0 Å². The molecule has 3 aromatic heterocycles. The predicted octanol–water partition coefficient (Wildman–Crippen LogP) is 8.55. The molecule has 0 atom stereocenters. The maximum absolute atomic E-state index is 5.20. The normalized spacial score (nSPS) is 13.4. The smallest absolute Gasteiger partial charge is 0.238 e. The SMILES string of the molecule is CC1(C)c2ccccc2-c2ccc3c4ccc5cncnc5c4n(-c4nc(-c5ccccc5)nc(-c5ccccc5)n4)c3c21. The minimum atomic E-state index is -0.250. The highest BCUT2D eigenvalue weighted by atomic mass is 15.2. The average Bonchev–Trinajstić information content (AvgIpc) is 3.54. The number of hydrogen-bond acceptors (Lipinski definition) is 5. The lowest BCUT2D eigenvalue weighted by atomic mass is 9.81. The van der Waals surface area contributed by atoms with E-state index < -0.39 is 0 Å². The molecule has 0 fully saturated rings. The zero-order chi connectivity index (χ0) is 29.4. The Kier molecular flexibility index (Phi) is 5.14. The van der Waals surface area contributed by atoms with Crippen LogP contribution in [0.2, 0.25) is 0 Å². The van der Waals surface area contributed by atoms with Crippen LogP contribution in [0.5, 0.6) is 0 Å². The molecule has 8 aromatic rings. The third-order valence-electron chi connectivity index (χ3n) is 8.97. The first kappa shape index (κ1) is 24.8. The van der Waals surface area contributed by atoms with E-state index in [1.165, 1.54) is 22.3 Å². The summed E-state index contributed by atoms with van der Waals surface area (Å²) in [6, 6.07) is 37.8. The fourth-order valence-corrected chi connectivity index (χ4v) is 6.99. The second kappa shape index (κ2) is 9.12. The Morgan fingerprint density at radius 3 is 1.95 bits per heavy atom. The second-order valence-electron chi connectivity index (χ2n) is 11.8. The van der Waals surface area contributed by atoms with Crippen LogP contribution in [0.25, 0.3) is 72.6 Å². The fourth-order valence-electron chi connectivity index (χ4n) is 6.99. The van der Waals surface area contributed by atoms with Crippen LogP contribution in [-0.4, -0.2) is 29.5 Å². The minimum absolute atomic E-state index is 0.250. The molecule has 0 N–H and O–H groups in total. The molecule has 6 nitrogen and oxygen atoms in total. The monoisotopic (exact) mass is 566 g/mol. The summed E-state index contributed by atoms with van der Waals surface area (Å²) in [5.74, 6) is 1.80. The van der Waals surface area contributed by atoms with Crippen molar-refractivity contribution in [3.8, 4) is 39.9 Å². The molecule has 1 aliphatic rings. The zero-order valence-electron chi connectivity index (χ0n) is 24.2. The van der Waals surface area contributed by atoms with Crippen LogP contribution in [0.15, 0.2) is 122 Å². The fraction of sp³-hybridized carbons (Fsp3) is 0.0789. The van der Waals surface area contributed by atoms with Crippen LogP contribution in [0.1, 0.15) is 25.0 Å². The van der Waals surface area contributed by atoms with Crippen molar-refractivity contribution in [2.24, 2.45) is 0 Å². The van der Waals surface area contributed by atoms with E-state index in [0.717, 1.165) is 43.8 Å². The molecule has 0 amide bonds. The molecule has 0 saturated heterocycles. The van der Waals surface area contributed by atoms with Gasteiger partial charge < -0.3 is 0 Å². The number of rotatable bonds is 3. The third kappa shape index (κ3) is 3.45. The number of nitrogens with zero attached hydrogens (tertiary/aromatic N) is 6. The molecule has 0 spiro atoms. The van der Waals surface area contributed by atoms with E-state index in [2.05, 4.69) is 71.9 Å². The van der Waals surface area contributed by atoms with Gasteiger partial charge in [-0.3, -0.25) is 4.57 Å². The lowest BCUT2D eigenvalue weighted by molar-refractivity contribution is 0.663. The summed E-state index contributed by atoms with van der Waals surface area (Å²) in [6.07, 6.45) is 3.48. The van der Waals surface area contributed by atoms with E-state index in [1.807, 2.05) is 66.9 Å². The van der Waals surface area contributed by atoms with E-state index in [1.54, 1.807) is 6.33 Å². The van der Waals surface area contributed by atoms with E-state index in [9.17, 15) is 0 Å². The van der Waals surface area contributed by atoms with Gasteiger partial charge in [-0.15, -0.1) is 0 Å². The van der Waals surface area contributed by atoms with Crippen LogP contribution in [-0.2, 0) is 5.41 Å². The number of aromatic nitrogens is 6. The molecule has 208 valence electrons. The summed E-state index contributed by atoms with van der Waals surface area (Å²) >= 11 is 0. The van der Waals surface area contributed by atoms with Gasteiger partial charge in [0.2, 0.25) is 5.95 Å². The van der Waals surface area contributed by atoms with Gasteiger partial charge >= 0.3 is 0 Å². The third-order valence-corrected chi connectivity index (χ3v) is 8.97. The van der Waals surface area contributed by atoms with E-state index >= 15 is 0 Å². The Morgan fingerprint density at radius 1 is 0.591 bits per heavy atom. The summed E-state index contributed by atoms with van der Waals surface area (Å²) in [5.41, 5.74) is 9.61. The lowest BCUT2D eigenvalue weighted by Gasteiger charge is -2.23. The first-order valence-corrected chi connectivity index (χ1v) is 14.8. The second-order valence-corrected chi connectivity index (χ2v) is 11.8. The van der Waals surface area contributed by atoms with Crippen molar-refractivity contribution < 1.29 is 0 Å². The first-order valence-electron chi connectivity index (χ1n) is 14.8. The lowest BCUT2D eigenvalue weighted by Crippen LogP contribution is -2.17. The molecular formula is C38H26N6. The van der Waals surface area contributed by atoms with Gasteiger partial charge in [-0.05, 0) is 22.3 Å². The van der Waals surface area contributed by atoms with Crippen molar-refractivity contribution in [1.29, 1.82) is 0 Å². The summed E-state index contributed by atoms with van der Waals surface area (Å²) in [6.45, 7) is 4.63. The van der Waals surface area contributed by atoms with Crippen LogP contribution in [0.4, 0.5) is 0 Å². The van der Waals surface area contributed by atoms with Crippen molar-refractivity contribution in [2.75, 3.05) is 0 Å². The van der Waals surface area contributed by atoms with Crippen molar-refractivity contribution in [2.45, 2.75) is 19.3 Å². The van der Waals surface area contributed by atoms with Crippen molar-refractivity contribution in [3.05, 3.63) is 133 Å². The van der Waals surface area contributed by atoms with Gasteiger partial charge in [0.25, 0.3) is 0 Å². The van der Waals surface area contributed by atoms with Gasteiger partial charge in [0.1, 0.15) is 6.33 Å². The van der Waals surface area contributed by atoms with Gasteiger partial charge in [0.15, 0.2) is 11.6 Å². The quantitative estimate of drug-likeness (QED) is 0.214.